The van der Waals surface area contributed by atoms with Crippen LogP contribution in [0.2, 0.25) is 0 Å². The average Bonchev–Trinajstić information content (AvgIpc) is 1.27. The molecule has 55 valence electrons. The summed E-state index contributed by atoms with van der Waals surface area (Å²) in [4.78, 5) is 0. The Bertz CT molecular complexity index is 43.3. The topological polar surface area (TPSA) is 52.5 Å². The molecule has 0 bridgehead atoms. The maximum Gasteiger partial charge on any atom is 0.103 e. The van der Waals surface area contributed by atoms with Crippen molar-refractivity contribution < 1.29 is 32.6 Å². The first-order valence-corrected chi connectivity index (χ1v) is 2.25. The van der Waals surface area contributed by atoms with E-state index in [9.17, 15) is 0 Å². The van der Waals surface area contributed by atoms with Crippen molar-refractivity contribution in [3.63, 3.8) is 0 Å². The molecule has 0 aromatic rings. The molecule has 0 rings (SSSR count). The molecule has 4 heteroatoms. The van der Waals surface area contributed by atoms with Crippen LogP contribution in [0, 0.1) is 0 Å². The van der Waals surface area contributed by atoms with E-state index < -0.39 is 12.5 Å². The minimum Gasteiger partial charge on any atom is -0.379 e. The largest absolute Gasteiger partial charge is 0.379 e. The Morgan fingerprint density at radius 3 is 1.38 bits per heavy atom. The summed E-state index contributed by atoms with van der Waals surface area (Å²) >= 11 is 0. The maximum atomic E-state index is 8.45. The molecule has 8 heavy (non-hydrogen) atoms. The quantitative estimate of drug-likeness (QED) is 0.418. The summed E-state index contributed by atoms with van der Waals surface area (Å²) in [5, 5.41) is 19.3. The van der Waals surface area contributed by atoms with Gasteiger partial charge in [0, 0.05) is 22.4 Å². The molecule has 0 aliphatic carbocycles. The second-order valence-corrected chi connectivity index (χ2v) is 1.52. The van der Waals surface area contributed by atoms with Crippen LogP contribution < -0.4 is 5.32 Å². The smallest absolute Gasteiger partial charge is 0.103 e. The van der Waals surface area contributed by atoms with Crippen LogP contribution in [-0.4, -0.2) is 22.7 Å². The molecule has 0 aromatic carbocycles. The monoisotopic (exact) mass is 212 g/mol. The number of nitrogens with one attached hydrogen (secondary N) is 1. The predicted molar refractivity (Wildman–Crippen MR) is 26.5 cm³/mol. The summed E-state index contributed by atoms with van der Waals surface area (Å²) in [5.41, 5.74) is 0. The standard InChI is InChI=1S/C4H11NO2.Ag/c1-3(6)5-4(2)7;/h3-7H,1-2H3;. The van der Waals surface area contributed by atoms with Crippen LogP contribution in [0.4, 0.5) is 0 Å². The van der Waals surface area contributed by atoms with Crippen molar-refractivity contribution in [2.75, 3.05) is 0 Å². The molecule has 2 atom stereocenters. The van der Waals surface area contributed by atoms with Gasteiger partial charge in [0.2, 0.25) is 0 Å². The Balaban J connectivity index is 0. The third-order valence-electron chi connectivity index (χ3n) is 0.482. The van der Waals surface area contributed by atoms with Gasteiger partial charge in [0.15, 0.2) is 0 Å². The molecule has 0 aliphatic heterocycles. The predicted octanol–water partition coefficient (Wildman–Crippen LogP) is -0.750. The summed E-state index contributed by atoms with van der Waals surface area (Å²) in [6.07, 6.45) is -1.25. The van der Waals surface area contributed by atoms with E-state index >= 15 is 0 Å². The van der Waals surface area contributed by atoms with E-state index in [1.165, 1.54) is 0 Å². The molecular formula is C4H11AgNO2. The Labute approximate surface area is 64.6 Å². The Morgan fingerprint density at radius 2 is 1.38 bits per heavy atom. The number of hydrogen-bond donors (Lipinski definition) is 3. The van der Waals surface area contributed by atoms with Crippen molar-refractivity contribution in [2.24, 2.45) is 0 Å². The van der Waals surface area contributed by atoms with Gasteiger partial charge < -0.3 is 10.2 Å². The molecule has 0 aliphatic rings. The Morgan fingerprint density at radius 1 is 1.12 bits per heavy atom. The minimum atomic E-state index is -0.625. The fraction of sp³-hybridized carbons (Fsp3) is 1.00. The number of rotatable bonds is 2. The van der Waals surface area contributed by atoms with Crippen molar-refractivity contribution in [1.29, 1.82) is 0 Å². The van der Waals surface area contributed by atoms with Crippen LogP contribution in [0.5, 0.6) is 0 Å². The van der Waals surface area contributed by atoms with Gasteiger partial charge in [-0.1, -0.05) is 0 Å². The van der Waals surface area contributed by atoms with Gasteiger partial charge in [-0.15, -0.1) is 0 Å². The van der Waals surface area contributed by atoms with Gasteiger partial charge in [0.05, 0.1) is 0 Å². The summed E-state index contributed by atoms with van der Waals surface area (Å²) in [6.45, 7) is 3.10. The fourth-order valence-corrected chi connectivity index (χ4v) is 0.349. The summed E-state index contributed by atoms with van der Waals surface area (Å²) < 4.78 is 0. The van der Waals surface area contributed by atoms with E-state index in [1.807, 2.05) is 0 Å². The van der Waals surface area contributed by atoms with Crippen molar-refractivity contribution in [3.8, 4) is 0 Å². The third kappa shape index (κ3) is 9.80. The van der Waals surface area contributed by atoms with E-state index in [0.29, 0.717) is 0 Å². The zero-order chi connectivity index (χ0) is 5.86. The van der Waals surface area contributed by atoms with Crippen LogP contribution in [0.1, 0.15) is 13.8 Å². The normalized spacial score (nSPS) is 16.5. The van der Waals surface area contributed by atoms with Crippen LogP contribution in [0.15, 0.2) is 0 Å². The molecule has 0 saturated heterocycles. The van der Waals surface area contributed by atoms with E-state index in [4.69, 9.17) is 10.2 Å². The van der Waals surface area contributed by atoms with Crippen molar-refractivity contribution >= 4 is 0 Å². The summed E-state index contributed by atoms with van der Waals surface area (Å²) in [7, 11) is 0. The maximum absolute atomic E-state index is 8.45. The van der Waals surface area contributed by atoms with Crippen molar-refractivity contribution in [2.45, 2.75) is 26.3 Å². The second kappa shape index (κ2) is 5.75. The van der Waals surface area contributed by atoms with Crippen LogP contribution >= 0.6 is 0 Å². The number of aliphatic hydroxyl groups excluding tert-OH is 2. The van der Waals surface area contributed by atoms with Gasteiger partial charge in [-0.05, 0) is 13.8 Å². The minimum absolute atomic E-state index is 0. The first kappa shape index (κ1) is 11.4. The van der Waals surface area contributed by atoms with Crippen LogP contribution in [-0.2, 0) is 22.4 Å². The molecule has 0 spiro atoms. The molecule has 2 unspecified atom stereocenters. The number of aliphatic hydroxyl groups is 2. The van der Waals surface area contributed by atoms with E-state index in [1.54, 1.807) is 13.8 Å². The van der Waals surface area contributed by atoms with Crippen molar-refractivity contribution in [3.05, 3.63) is 0 Å². The molecule has 3 N–H and O–H groups in total. The first-order chi connectivity index (χ1) is 3.13. The second-order valence-electron chi connectivity index (χ2n) is 1.52. The summed E-state index contributed by atoms with van der Waals surface area (Å²) in [6, 6.07) is 0. The number of hydrogen-bond acceptors (Lipinski definition) is 3. The fourth-order valence-electron chi connectivity index (χ4n) is 0.349. The molecule has 0 aromatic heterocycles. The SMILES string of the molecule is CC(O)NC(C)O.[Ag]. The van der Waals surface area contributed by atoms with Crippen LogP contribution in [0.3, 0.4) is 0 Å². The van der Waals surface area contributed by atoms with Crippen molar-refractivity contribution in [1.82, 2.24) is 5.32 Å². The van der Waals surface area contributed by atoms with E-state index in [2.05, 4.69) is 5.32 Å². The molecule has 0 amide bonds. The first-order valence-electron chi connectivity index (χ1n) is 2.25. The van der Waals surface area contributed by atoms with Gasteiger partial charge in [-0.3, -0.25) is 5.32 Å². The third-order valence-corrected chi connectivity index (χ3v) is 0.482. The zero-order valence-corrected chi connectivity index (χ0v) is 6.33. The molecular weight excluding hydrogens is 202 g/mol. The molecule has 0 heterocycles. The Hall–Kier alpha value is 0.620. The van der Waals surface area contributed by atoms with Gasteiger partial charge in [-0.25, -0.2) is 0 Å². The van der Waals surface area contributed by atoms with E-state index in [0.717, 1.165) is 0 Å². The van der Waals surface area contributed by atoms with Crippen LogP contribution in [0.25, 0.3) is 0 Å². The average molecular weight is 213 g/mol. The van der Waals surface area contributed by atoms with Gasteiger partial charge in [0.25, 0.3) is 0 Å². The van der Waals surface area contributed by atoms with E-state index in [-0.39, 0.29) is 22.4 Å². The molecule has 1 radical (unpaired) electrons. The Kier molecular flexibility index (Phi) is 8.21. The van der Waals surface area contributed by atoms with Gasteiger partial charge >= 0.3 is 0 Å². The van der Waals surface area contributed by atoms with Gasteiger partial charge in [-0.2, -0.15) is 0 Å². The summed E-state index contributed by atoms with van der Waals surface area (Å²) in [5.74, 6) is 0. The molecule has 0 fully saturated rings. The molecule has 3 nitrogen and oxygen atoms in total. The van der Waals surface area contributed by atoms with Gasteiger partial charge in [0.1, 0.15) is 12.5 Å². The molecule has 0 saturated carbocycles. The zero-order valence-electron chi connectivity index (χ0n) is 4.85.